The van der Waals surface area contributed by atoms with Crippen LogP contribution in [0.2, 0.25) is 0 Å². The fourth-order valence-corrected chi connectivity index (χ4v) is 3.34. The van der Waals surface area contributed by atoms with Crippen molar-refractivity contribution in [2.75, 3.05) is 0 Å². The van der Waals surface area contributed by atoms with Crippen LogP contribution in [0.3, 0.4) is 0 Å². The number of carboxylic acids is 1. The minimum atomic E-state index is -0.576. The Kier molecular flexibility index (Phi) is 4.40. The van der Waals surface area contributed by atoms with E-state index < -0.39 is 5.97 Å². The molecule has 0 aromatic carbocycles. The fraction of sp³-hybridized carbons (Fsp3) is 0.929. The molecule has 1 aliphatic rings. The fourth-order valence-electron chi connectivity index (χ4n) is 3.34. The Morgan fingerprint density at radius 3 is 2.38 bits per heavy atom. The van der Waals surface area contributed by atoms with Crippen LogP contribution in [0.1, 0.15) is 59.8 Å². The largest absolute Gasteiger partial charge is 0.481 e. The maximum Gasteiger partial charge on any atom is 0.306 e. The highest BCUT2D eigenvalue weighted by molar-refractivity contribution is 5.70. The Balaban J connectivity index is 2.83. The zero-order chi connectivity index (χ0) is 12.3. The molecule has 1 saturated carbocycles. The minimum absolute atomic E-state index is 0.0991. The van der Waals surface area contributed by atoms with Crippen molar-refractivity contribution in [3.63, 3.8) is 0 Å². The van der Waals surface area contributed by atoms with Crippen LogP contribution in [-0.4, -0.2) is 11.1 Å². The second-order valence-corrected chi connectivity index (χ2v) is 6.09. The topological polar surface area (TPSA) is 37.3 Å². The third kappa shape index (κ3) is 2.99. The Labute approximate surface area is 99.4 Å². The summed E-state index contributed by atoms with van der Waals surface area (Å²) >= 11 is 0. The third-order valence-electron chi connectivity index (χ3n) is 4.41. The van der Waals surface area contributed by atoms with E-state index in [2.05, 4.69) is 27.7 Å². The van der Waals surface area contributed by atoms with Gasteiger partial charge in [0.05, 0.1) is 5.92 Å². The molecule has 1 fully saturated rings. The van der Waals surface area contributed by atoms with E-state index >= 15 is 0 Å². The van der Waals surface area contributed by atoms with Gasteiger partial charge >= 0.3 is 5.97 Å². The van der Waals surface area contributed by atoms with Crippen molar-refractivity contribution >= 4 is 5.97 Å². The summed E-state index contributed by atoms with van der Waals surface area (Å²) in [5.41, 5.74) is 0.333. The first-order valence-electron chi connectivity index (χ1n) is 6.64. The van der Waals surface area contributed by atoms with E-state index in [0.717, 1.165) is 32.1 Å². The SMILES string of the molecule is CCC(CC)C1CC(C)(C)CCC1C(=O)O. The molecule has 16 heavy (non-hydrogen) atoms. The summed E-state index contributed by atoms with van der Waals surface area (Å²) in [5, 5.41) is 9.32. The number of hydrogen-bond donors (Lipinski definition) is 1. The molecule has 0 amide bonds. The van der Waals surface area contributed by atoms with E-state index in [1.54, 1.807) is 0 Å². The molecule has 2 unspecified atom stereocenters. The molecule has 94 valence electrons. The third-order valence-corrected chi connectivity index (χ3v) is 4.41. The van der Waals surface area contributed by atoms with Gasteiger partial charge in [-0.05, 0) is 36.5 Å². The van der Waals surface area contributed by atoms with Crippen LogP contribution in [0.25, 0.3) is 0 Å². The lowest BCUT2D eigenvalue weighted by molar-refractivity contribution is -0.147. The van der Waals surface area contributed by atoms with Crippen LogP contribution in [0, 0.1) is 23.2 Å². The van der Waals surface area contributed by atoms with Gasteiger partial charge in [-0.25, -0.2) is 0 Å². The predicted octanol–water partition coefficient (Wildman–Crippen LogP) is 3.95. The number of carboxylic acid groups (broad SMARTS) is 1. The average molecular weight is 226 g/mol. The van der Waals surface area contributed by atoms with Gasteiger partial charge in [0.2, 0.25) is 0 Å². The summed E-state index contributed by atoms with van der Waals surface area (Å²) in [6, 6.07) is 0. The molecular weight excluding hydrogens is 200 g/mol. The first-order valence-corrected chi connectivity index (χ1v) is 6.64. The van der Waals surface area contributed by atoms with E-state index in [9.17, 15) is 9.90 Å². The summed E-state index contributed by atoms with van der Waals surface area (Å²) in [7, 11) is 0. The molecule has 0 saturated heterocycles. The van der Waals surface area contributed by atoms with Gasteiger partial charge in [-0.15, -0.1) is 0 Å². The van der Waals surface area contributed by atoms with Gasteiger partial charge in [0.1, 0.15) is 0 Å². The molecule has 0 aromatic heterocycles. The molecule has 2 nitrogen and oxygen atoms in total. The van der Waals surface area contributed by atoms with E-state index in [-0.39, 0.29) is 5.92 Å². The van der Waals surface area contributed by atoms with Crippen LogP contribution >= 0.6 is 0 Å². The molecule has 1 aliphatic carbocycles. The Morgan fingerprint density at radius 2 is 1.94 bits per heavy atom. The summed E-state index contributed by atoms with van der Waals surface area (Å²) in [6.07, 6.45) is 5.22. The van der Waals surface area contributed by atoms with Gasteiger partial charge in [0.15, 0.2) is 0 Å². The zero-order valence-corrected chi connectivity index (χ0v) is 11.1. The molecule has 2 heteroatoms. The second-order valence-electron chi connectivity index (χ2n) is 6.09. The Bertz CT molecular complexity index is 241. The lowest BCUT2D eigenvalue weighted by Crippen LogP contribution is -2.38. The highest BCUT2D eigenvalue weighted by Crippen LogP contribution is 2.46. The van der Waals surface area contributed by atoms with Crippen molar-refractivity contribution in [3.8, 4) is 0 Å². The maximum atomic E-state index is 11.3. The van der Waals surface area contributed by atoms with Crippen molar-refractivity contribution in [2.24, 2.45) is 23.2 Å². The van der Waals surface area contributed by atoms with Gasteiger partial charge < -0.3 is 5.11 Å². The van der Waals surface area contributed by atoms with Crippen LogP contribution in [0.5, 0.6) is 0 Å². The monoisotopic (exact) mass is 226 g/mol. The summed E-state index contributed by atoms with van der Waals surface area (Å²) in [5.74, 6) is 0.294. The molecule has 0 bridgehead atoms. The second kappa shape index (κ2) is 5.20. The smallest absolute Gasteiger partial charge is 0.306 e. The molecular formula is C14H26O2. The summed E-state index contributed by atoms with van der Waals surface area (Å²) in [4.78, 5) is 11.3. The number of carbonyl (C=O) groups is 1. The standard InChI is InChI=1S/C14H26O2/c1-5-10(6-2)12-9-14(3,4)8-7-11(12)13(15)16/h10-12H,5-9H2,1-4H3,(H,15,16). The molecule has 0 radical (unpaired) electrons. The van der Waals surface area contributed by atoms with Crippen molar-refractivity contribution < 1.29 is 9.90 Å². The van der Waals surface area contributed by atoms with Crippen LogP contribution in [-0.2, 0) is 4.79 Å². The van der Waals surface area contributed by atoms with E-state index in [1.807, 2.05) is 0 Å². The van der Waals surface area contributed by atoms with Crippen LogP contribution < -0.4 is 0 Å². The van der Waals surface area contributed by atoms with Crippen LogP contribution in [0.15, 0.2) is 0 Å². The van der Waals surface area contributed by atoms with Crippen molar-refractivity contribution in [3.05, 3.63) is 0 Å². The lowest BCUT2D eigenvalue weighted by Gasteiger charge is -2.42. The number of rotatable bonds is 4. The lowest BCUT2D eigenvalue weighted by atomic mass is 9.62. The molecule has 0 heterocycles. The maximum absolute atomic E-state index is 11.3. The normalized spacial score (nSPS) is 29.3. The average Bonchev–Trinajstić information content (AvgIpc) is 2.17. The van der Waals surface area contributed by atoms with Gasteiger partial charge in [0.25, 0.3) is 0 Å². The molecule has 2 atom stereocenters. The van der Waals surface area contributed by atoms with E-state index in [1.165, 1.54) is 0 Å². The van der Waals surface area contributed by atoms with E-state index in [4.69, 9.17) is 0 Å². The number of hydrogen-bond acceptors (Lipinski definition) is 1. The van der Waals surface area contributed by atoms with Crippen molar-refractivity contribution in [1.29, 1.82) is 0 Å². The minimum Gasteiger partial charge on any atom is -0.481 e. The molecule has 1 rings (SSSR count). The van der Waals surface area contributed by atoms with Gasteiger partial charge in [-0.1, -0.05) is 40.5 Å². The van der Waals surface area contributed by atoms with Gasteiger partial charge in [-0.2, -0.15) is 0 Å². The van der Waals surface area contributed by atoms with Crippen LogP contribution in [0.4, 0.5) is 0 Å². The first-order chi connectivity index (χ1) is 7.41. The summed E-state index contributed by atoms with van der Waals surface area (Å²) < 4.78 is 0. The van der Waals surface area contributed by atoms with Gasteiger partial charge in [-0.3, -0.25) is 4.79 Å². The highest BCUT2D eigenvalue weighted by Gasteiger charge is 2.41. The predicted molar refractivity (Wildman–Crippen MR) is 66.3 cm³/mol. The molecule has 0 spiro atoms. The molecule has 1 N–H and O–H groups in total. The number of aliphatic carboxylic acids is 1. The zero-order valence-electron chi connectivity index (χ0n) is 11.1. The molecule has 0 aliphatic heterocycles. The molecule has 0 aromatic rings. The first kappa shape index (κ1) is 13.5. The van der Waals surface area contributed by atoms with Crippen molar-refractivity contribution in [1.82, 2.24) is 0 Å². The summed E-state index contributed by atoms with van der Waals surface area (Å²) in [6.45, 7) is 8.93. The highest BCUT2D eigenvalue weighted by atomic mass is 16.4. The van der Waals surface area contributed by atoms with E-state index in [0.29, 0.717) is 17.3 Å². The van der Waals surface area contributed by atoms with Gasteiger partial charge in [0, 0.05) is 0 Å². The Hall–Kier alpha value is -0.530. The van der Waals surface area contributed by atoms with Crippen molar-refractivity contribution in [2.45, 2.75) is 59.8 Å². The quantitative estimate of drug-likeness (QED) is 0.788. The Morgan fingerprint density at radius 1 is 1.38 bits per heavy atom.